The average molecular weight is 816 g/mol. The third-order valence-electron chi connectivity index (χ3n) is 12.1. The Labute approximate surface area is 313 Å². The second kappa shape index (κ2) is 14.2. The Morgan fingerprint density at radius 2 is 1.22 bits per heavy atom. The number of halogens is 2. The first-order chi connectivity index (χ1) is 23.6. The quantitative estimate of drug-likeness (QED) is 0.132. The van der Waals surface area contributed by atoms with Crippen LogP contribution in [0.3, 0.4) is 0 Å². The molecule has 6 rings (SSSR count). The van der Waals surface area contributed by atoms with Crippen LogP contribution in [0.25, 0.3) is 34.4 Å². The summed E-state index contributed by atoms with van der Waals surface area (Å²) in [5.41, 5.74) is 14.9. The maximum absolute atomic E-state index is 8.79. The summed E-state index contributed by atoms with van der Waals surface area (Å²) >= 11 is -4.88. The van der Waals surface area contributed by atoms with Crippen molar-refractivity contribution in [3.05, 3.63) is 124 Å². The molecule has 0 amide bonds. The molecule has 4 aromatic carbocycles. The molecule has 0 aliphatic heterocycles. The molecule has 0 spiro atoms. The Hall–Kier alpha value is -1.74. The predicted octanol–water partition coefficient (Wildman–Crippen LogP) is 14.1. The van der Waals surface area contributed by atoms with E-state index in [0.29, 0.717) is 11.8 Å². The molecular formula is C45H57Cl2Si2Zr. The molecule has 3 atom stereocenters. The van der Waals surface area contributed by atoms with E-state index in [4.69, 9.17) is 17.0 Å². The number of allylic oxidation sites excluding steroid dienone is 2. The predicted molar refractivity (Wildman–Crippen MR) is 227 cm³/mol. The monoisotopic (exact) mass is 813 g/mol. The van der Waals surface area contributed by atoms with Crippen LogP contribution < -0.4 is 5.19 Å². The van der Waals surface area contributed by atoms with Crippen molar-refractivity contribution in [1.29, 1.82) is 0 Å². The van der Waals surface area contributed by atoms with Gasteiger partial charge in [-0.05, 0) is 0 Å². The fraction of sp³-hybridized carbons (Fsp3) is 0.378. The molecule has 0 radical (unpaired) electrons. The normalized spacial score (nSPS) is 18.8. The molecule has 4 aromatic rings. The fourth-order valence-electron chi connectivity index (χ4n) is 9.02. The summed E-state index contributed by atoms with van der Waals surface area (Å²) in [6.07, 6.45) is 8.29. The maximum atomic E-state index is 8.79. The van der Waals surface area contributed by atoms with Crippen molar-refractivity contribution in [2.75, 3.05) is 0 Å². The molecule has 2 aliphatic carbocycles. The zero-order valence-corrected chi connectivity index (χ0v) is 38.1. The zero-order chi connectivity index (χ0) is 36.2. The van der Waals surface area contributed by atoms with Crippen molar-refractivity contribution >= 4 is 48.4 Å². The van der Waals surface area contributed by atoms with E-state index in [2.05, 4.69) is 164 Å². The van der Waals surface area contributed by atoms with Gasteiger partial charge in [-0.3, -0.25) is 0 Å². The van der Waals surface area contributed by atoms with Gasteiger partial charge >= 0.3 is 316 Å². The van der Waals surface area contributed by atoms with Crippen molar-refractivity contribution in [1.82, 2.24) is 0 Å². The zero-order valence-electron chi connectivity index (χ0n) is 32.0. The molecule has 0 N–H and O–H groups in total. The van der Waals surface area contributed by atoms with Crippen LogP contribution >= 0.6 is 17.0 Å². The molecule has 5 heteroatoms. The first-order valence-corrected chi connectivity index (χ1v) is 38.9. The number of fused-ring (bicyclic) bond motifs is 2. The standard InChI is InChI=1S/C23H27.C20H23Si.C2H7Si.2ClH.Zr/c1-5-7-17(4)21-14-20-8-6-9-22(23(20)15-21)19-12-10-18(11-13-19)16(2)3;1-5-15-13-17-7-6-8-19(20(17)14-15)16-9-11-18(12-10-16)21(2,3)4;1-3-2;;;/h6,8-17H,5,7H2,1-4H3;6-14H,5H2,1-4H3;3H,1-2H3;2*1H;/q;;;;;+2/p-2. The van der Waals surface area contributed by atoms with Gasteiger partial charge in [0, 0.05) is 0 Å². The number of hydrogen-bond acceptors (Lipinski definition) is 0. The molecule has 2 aliphatic rings. The molecule has 263 valence electrons. The second-order valence-corrected chi connectivity index (χ2v) is 64.5. The summed E-state index contributed by atoms with van der Waals surface area (Å²) in [5, 5.41) is 1.49. The number of rotatable bonds is 11. The topological polar surface area (TPSA) is 0 Å². The van der Waals surface area contributed by atoms with Gasteiger partial charge < -0.3 is 0 Å². The van der Waals surface area contributed by atoms with E-state index in [-0.39, 0.29) is 7.25 Å². The van der Waals surface area contributed by atoms with Crippen LogP contribution in [0.2, 0.25) is 32.7 Å². The summed E-state index contributed by atoms with van der Waals surface area (Å²) in [7, 11) is 16.2. The van der Waals surface area contributed by atoms with Gasteiger partial charge in [-0.15, -0.1) is 0 Å². The van der Waals surface area contributed by atoms with Crippen LogP contribution in [0, 0.1) is 5.92 Å². The van der Waals surface area contributed by atoms with Gasteiger partial charge in [0.2, 0.25) is 0 Å². The number of hydrogen-bond donors (Lipinski definition) is 0. The molecule has 50 heavy (non-hydrogen) atoms. The van der Waals surface area contributed by atoms with Gasteiger partial charge in [0.1, 0.15) is 0 Å². The summed E-state index contributed by atoms with van der Waals surface area (Å²) < 4.78 is 0.207. The molecule has 0 aromatic heterocycles. The van der Waals surface area contributed by atoms with Crippen LogP contribution in [0.1, 0.15) is 94.9 Å². The van der Waals surface area contributed by atoms with Crippen LogP contribution in [0.5, 0.6) is 0 Å². The van der Waals surface area contributed by atoms with Crippen LogP contribution in [-0.4, -0.2) is 14.0 Å². The van der Waals surface area contributed by atoms with E-state index < -0.39 is 29.6 Å². The van der Waals surface area contributed by atoms with E-state index >= 15 is 0 Å². The van der Waals surface area contributed by atoms with Gasteiger partial charge in [0.05, 0.1) is 0 Å². The molecule has 0 fully saturated rings. The number of benzene rings is 4. The Bertz CT molecular complexity index is 1940. The van der Waals surface area contributed by atoms with Crippen molar-refractivity contribution in [2.45, 2.75) is 99.8 Å². The Kier molecular flexibility index (Phi) is 10.8. The molecule has 0 bridgehead atoms. The van der Waals surface area contributed by atoms with E-state index in [1.807, 2.05) is 0 Å². The van der Waals surface area contributed by atoms with Gasteiger partial charge in [0.15, 0.2) is 0 Å². The molecule has 0 saturated heterocycles. The SMILES string of the molecule is CCCC(C)C1=Cc2c(-c3ccc(C(C)C)cc3)cccc2[CH]1[Zr]([Cl])([Cl])([CH]1C(CC)=Cc2c(-c3ccc([Si](C)(C)C)cc3)cccc21)[SiH](C)C. The molecular weight excluding hydrogens is 759 g/mol. The minimum atomic E-state index is -4.88. The Morgan fingerprint density at radius 3 is 1.70 bits per heavy atom. The van der Waals surface area contributed by atoms with Crippen molar-refractivity contribution in [3.63, 3.8) is 0 Å². The molecule has 3 unspecified atom stereocenters. The average Bonchev–Trinajstić information content (AvgIpc) is 3.69. The summed E-state index contributed by atoms with van der Waals surface area (Å²) in [4.78, 5) is 0. The van der Waals surface area contributed by atoms with Crippen LogP contribution in [0.15, 0.2) is 96.1 Å². The summed E-state index contributed by atoms with van der Waals surface area (Å²) in [6, 6.07) is 32.6. The van der Waals surface area contributed by atoms with Gasteiger partial charge in [0.25, 0.3) is 0 Å². The molecule has 0 heterocycles. The van der Waals surface area contributed by atoms with Crippen LogP contribution in [-0.2, 0) is 15.6 Å². The second-order valence-electron chi connectivity index (χ2n) is 16.9. The Balaban J connectivity index is 1.56. The van der Waals surface area contributed by atoms with E-state index in [1.54, 1.807) is 0 Å². The minimum absolute atomic E-state index is 0.100. The third kappa shape index (κ3) is 6.44. The van der Waals surface area contributed by atoms with E-state index in [1.165, 1.54) is 66.4 Å². The van der Waals surface area contributed by atoms with Crippen molar-refractivity contribution in [2.24, 2.45) is 5.92 Å². The van der Waals surface area contributed by atoms with Gasteiger partial charge in [-0.1, -0.05) is 0 Å². The fourth-order valence-corrected chi connectivity index (χ4v) is 41.7. The first kappa shape index (κ1) is 38.0. The summed E-state index contributed by atoms with van der Waals surface area (Å²) in [6.45, 7) is 23.8. The van der Waals surface area contributed by atoms with Crippen LogP contribution in [0.4, 0.5) is 0 Å². The Morgan fingerprint density at radius 1 is 0.700 bits per heavy atom. The van der Waals surface area contributed by atoms with Gasteiger partial charge in [-0.2, -0.15) is 0 Å². The summed E-state index contributed by atoms with van der Waals surface area (Å²) in [5.74, 6) is -0.728. The molecule has 0 nitrogen and oxygen atoms in total. The molecule has 0 saturated carbocycles. The third-order valence-corrected chi connectivity index (χ3v) is 65.9. The van der Waals surface area contributed by atoms with E-state index in [0.717, 1.165) is 19.3 Å². The van der Waals surface area contributed by atoms with Crippen molar-refractivity contribution < 1.29 is 15.6 Å². The van der Waals surface area contributed by atoms with Gasteiger partial charge in [-0.25, -0.2) is 0 Å². The van der Waals surface area contributed by atoms with E-state index in [9.17, 15) is 0 Å². The van der Waals surface area contributed by atoms with Crippen molar-refractivity contribution in [3.8, 4) is 22.3 Å². The first-order valence-electron chi connectivity index (χ1n) is 19.1.